The number of pyridine rings is 1. The Hall–Kier alpha value is -3.79. The molecule has 0 aliphatic rings. The van der Waals surface area contributed by atoms with Crippen LogP contribution in [0.1, 0.15) is 11.1 Å². The number of para-hydroxylation sites is 1. The van der Waals surface area contributed by atoms with Crippen molar-refractivity contribution >= 4 is 28.6 Å². The number of carbonyl (C=O) groups excluding carboxylic acids is 1. The molecule has 4 rings (SSSR count). The van der Waals surface area contributed by atoms with Crippen LogP contribution in [-0.4, -0.2) is 44.8 Å². The Bertz CT molecular complexity index is 1410. The number of nitrogens with zero attached hydrogens (tertiary/aromatic N) is 4. The minimum atomic E-state index is -2.89. The number of hydrogen-bond donors (Lipinski definition) is 0. The lowest BCUT2D eigenvalue weighted by Gasteiger charge is -2.18. The number of fused-ring (bicyclic) bond motifs is 1. The third-order valence-electron chi connectivity index (χ3n) is 5.19. The molecule has 2 aromatic carbocycles. The second-order valence-corrected chi connectivity index (χ2v) is 8.75. The average molecular weight is 497 g/mol. The number of alkyl halides is 2. The van der Waals surface area contributed by atoms with Gasteiger partial charge in [-0.15, -0.1) is 0 Å². The number of amides is 1. The molecule has 10 heteroatoms. The van der Waals surface area contributed by atoms with Gasteiger partial charge in [-0.3, -0.25) is 9.59 Å². The molecule has 0 aliphatic carbocycles. The van der Waals surface area contributed by atoms with E-state index in [1.54, 1.807) is 55.7 Å². The maximum Gasteiger partial charge on any atom is 0.387 e. The summed E-state index contributed by atoms with van der Waals surface area (Å²) in [4.78, 5) is 36.6. The van der Waals surface area contributed by atoms with Gasteiger partial charge in [0.15, 0.2) is 5.16 Å². The monoisotopic (exact) mass is 496 g/mol. The summed E-state index contributed by atoms with van der Waals surface area (Å²) in [7, 11) is 1.65. The van der Waals surface area contributed by atoms with Crippen molar-refractivity contribution in [2.75, 3.05) is 12.8 Å². The van der Waals surface area contributed by atoms with Gasteiger partial charge in [-0.2, -0.15) is 8.78 Å². The molecule has 35 heavy (non-hydrogen) atoms. The van der Waals surface area contributed by atoms with Gasteiger partial charge in [-0.25, -0.2) is 14.5 Å². The van der Waals surface area contributed by atoms with E-state index in [9.17, 15) is 18.4 Å². The van der Waals surface area contributed by atoms with Gasteiger partial charge in [-0.05, 0) is 54.4 Å². The normalized spacial score (nSPS) is 11.1. The van der Waals surface area contributed by atoms with Crippen molar-refractivity contribution in [1.82, 2.24) is 19.4 Å². The van der Waals surface area contributed by atoms with Crippen LogP contribution >= 0.6 is 11.8 Å². The van der Waals surface area contributed by atoms with Crippen molar-refractivity contribution in [3.63, 3.8) is 0 Å². The summed E-state index contributed by atoms with van der Waals surface area (Å²) < 4.78 is 30.4. The molecule has 180 valence electrons. The number of thioether (sulfide) groups is 1. The number of halogens is 2. The van der Waals surface area contributed by atoms with E-state index < -0.39 is 6.61 Å². The third-order valence-corrected chi connectivity index (χ3v) is 6.12. The van der Waals surface area contributed by atoms with Gasteiger partial charge >= 0.3 is 6.61 Å². The van der Waals surface area contributed by atoms with Crippen molar-refractivity contribution in [2.24, 2.45) is 0 Å². The largest absolute Gasteiger partial charge is 0.435 e. The van der Waals surface area contributed by atoms with Crippen LogP contribution in [0.2, 0.25) is 0 Å². The molecule has 0 spiro atoms. The quantitative estimate of drug-likeness (QED) is 0.265. The van der Waals surface area contributed by atoms with E-state index in [1.165, 1.54) is 21.6 Å². The van der Waals surface area contributed by atoms with Crippen LogP contribution in [0.3, 0.4) is 0 Å². The molecule has 0 saturated heterocycles. The highest BCUT2D eigenvalue weighted by Crippen LogP contribution is 2.22. The van der Waals surface area contributed by atoms with Crippen LogP contribution in [0.5, 0.6) is 5.75 Å². The minimum absolute atomic E-state index is 0.0413. The SMILES string of the molecule is Cc1ccnc(-n2c(SCC(=O)N(C)Cc3ccc(OC(F)F)cc3)nc3ccccc3c2=O)c1. The zero-order chi connectivity index (χ0) is 24.9. The van der Waals surface area contributed by atoms with Crippen molar-refractivity contribution in [2.45, 2.75) is 25.2 Å². The molecule has 0 aliphatic heterocycles. The maximum atomic E-state index is 13.3. The molecule has 0 atom stereocenters. The van der Waals surface area contributed by atoms with Gasteiger partial charge in [0, 0.05) is 19.8 Å². The summed E-state index contributed by atoms with van der Waals surface area (Å²) >= 11 is 1.15. The molecule has 1 amide bonds. The van der Waals surface area contributed by atoms with Gasteiger partial charge in [0.2, 0.25) is 5.91 Å². The number of aromatic nitrogens is 3. The molecule has 0 fully saturated rings. The summed E-state index contributed by atoms with van der Waals surface area (Å²) in [6.45, 7) is -0.702. The highest BCUT2D eigenvalue weighted by molar-refractivity contribution is 7.99. The molecular weight excluding hydrogens is 474 g/mol. The fraction of sp³-hybridized carbons (Fsp3) is 0.200. The lowest BCUT2D eigenvalue weighted by molar-refractivity contribution is -0.127. The molecular formula is C25H22F2N4O3S. The lowest BCUT2D eigenvalue weighted by atomic mass is 10.2. The van der Waals surface area contributed by atoms with E-state index in [0.29, 0.717) is 21.9 Å². The topological polar surface area (TPSA) is 77.3 Å². The van der Waals surface area contributed by atoms with Crippen LogP contribution in [0.25, 0.3) is 16.7 Å². The van der Waals surface area contributed by atoms with Gasteiger partial charge in [-0.1, -0.05) is 36.0 Å². The van der Waals surface area contributed by atoms with Crippen LogP contribution in [-0.2, 0) is 11.3 Å². The van der Waals surface area contributed by atoms with E-state index in [0.717, 1.165) is 22.9 Å². The number of carbonyl (C=O) groups is 1. The molecule has 0 N–H and O–H groups in total. The average Bonchev–Trinajstić information content (AvgIpc) is 2.83. The number of aryl methyl sites for hydroxylation is 1. The Balaban J connectivity index is 1.53. The highest BCUT2D eigenvalue weighted by atomic mass is 32.2. The van der Waals surface area contributed by atoms with Crippen molar-refractivity contribution in [3.8, 4) is 11.6 Å². The Morgan fingerprint density at radius 2 is 1.89 bits per heavy atom. The smallest absolute Gasteiger partial charge is 0.387 e. The van der Waals surface area contributed by atoms with Crippen LogP contribution in [0.15, 0.2) is 76.8 Å². The summed E-state index contributed by atoms with van der Waals surface area (Å²) in [5.74, 6) is 0.342. The molecule has 7 nitrogen and oxygen atoms in total. The van der Waals surface area contributed by atoms with Crippen LogP contribution in [0, 0.1) is 6.92 Å². The van der Waals surface area contributed by atoms with Gasteiger partial charge in [0.05, 0.1) is 16.7 Å². The first kappa shape index (κ1) is 24.3. The zero-order valence-electron chi connectivity index (χ0n) is 19.0. The summed E-state index contributed by atoms with van der Waals surface area (Å²) in [6.07, 6.45) is 1.62. The van der Waals surface area contributed by atoms with Crippen molar-refractivity contribution < 1.29 is 18.3 Å². The summed E-state index contributed by atoms with van der Waals surface area (Å²) in [5.41, 5.74) is 1.97. The molecule has 0 radical (unpaired) electrons. The molecule has 2 heterocycles. The van der Waals surface area contributed by atoms with E-state index in [2.05, 4.69) is 14.7 Å². The molecule has 0 bridgehead atoms. The molecule has 0 saturated carbocycles. The van der Waals surface area contributed by atoms with Crippen LogP contribution < -0.4 is 10.3 Å². The lowest BCUT2D eigenvalue weighted by Crippen LogP contribution is -2.28. The van der Waals surface area contributed by atoms with E-state index in [4.69, 9.17) is 0 Å². The predicted octanol–water partition coefficient (Wildman–Crippen LogP) is 4.44. The van der Waals surface area contributed by atoms with Gasteiger partial charge in [0.25, 0.3) is 5.56 Å². The van der Waals surface area contributed by atoms with Crippen LogP contribution in [0.4, 0.5) is 8.78 Å². The van der Waals surface area contributed by atoms with Gasteiger partial charge < -0.3 is 9.64 Å². The Morgan fingerprint density at radius 3 is 2.60 bits per heavy atom. The van der Waals surface area contributed by atoms with E-state index >= 15 is 0 Å². The number of hydrogen-bond acceptors (Lipinski definition) is 6. The number of rotatable bonds is 8. The molecule has 0 unspecified atom stereocenters. The minimum Gasteiger partial charge on any atom is -0.435 e. The standard InChI is InChI=1S/C25H22F2N4O3S/c1-16-11-12-28-21(13-16)31-23(33)19-5-3-4-6-20(19)29-25(31)35-15-22(32)30(2)14-17-7-9-18(10-8-17)34-24(26)27/h3-13,24H,14-15H2,1-2H3. The Morgan fingerprint density at radius 1 is 1.14 bits per heavy atom. The summed E-state index contributed by atoms with van der Waals surface area (Å²) in [6, 6.07) is 16.8. The molecule has 4 aromatic rings. The van der Waals surface area contributed by atoms with E-state index in [-0.39, 0.29) is 29.5 Å². The summed E-state index contributed by atoms with van der Waals surface area (Å²) in [5, 5.41) is 0.824. The third kappa shape index (κ3) is 5.83. The van der Waals surface area contributed by atoms with Gasteiger partial charge in [0.1, 0.15) is 11.6 Å². The van der Waals surface area contributed by atoms with E-state index in [1.807, 2.05) is 13.0 Å². The number of ether oxygens (including phenoxy) is 1. The van der Waals surface area contributed by atoms with Crippen molar-refractivity contribution in [1.29, 1.82) is 0 Å². The molecule has 2 aromatic heterocycles. The first-order valence-corrected chi connectivity index (χ1v) is 11.7. The maximum absolute atomic E-state index is 13.3. The predicted molar refractivity (Wildman–Crippen MR) is 130 cm³/mol. The Kier molecular flexibility index (Phi) is 7.40. The highest BCUT2D eigenvalue weighted by Gasteiger charge is 2.17. The number of benzene rings is 2. The second kappa shape index (κ2) is 10.6. The van der Waals surface area contributed by atoms with Crippen molar-refractivity contribution in [3.05, 3.63) is 88.3 Å². The zero-order valence-corrected chi connectivity index (χ0v) is 19.8. The Labute approximate surface area is 204 Å². The second-order valence-electron chi connectivity index (χ2n) is 7.80. The first-order chi connectivity index (χ1) is 16.8. The first-order valence-electron chi connectivity index (χ1n) is 10.7. The fourth-order valence-electron chi connectivity index (χ4n) is 3.43. The fourth-order valence-corrected chi connectivity index (χ4v) is 4.37.